The minimum Gasteiger partial charge on any atom is -0.464 e. The second-order valence-electron chi connectivity index (χ2n) is 5.31. The van der Waals surface area contributed by atoms with Crippen LogP contribution in [-0.2, 0) is 6.42 Å². The molecule has 23 heavy (non-hydrogen) atoms. The van der Waals surface area contributed by atoms with Gasteiger partial charge in [0.1, 0.15) is 12.1 Å². The molecule has 0 bridgehead atoms. The molecular formula is C16H16N4O3. The summed E-state index contributed by atoms with van der Waals surface area (Å²) < 4.78 is 1.05. The summed E-state index contributed by atoms with van der Waals surface area (Å²) in [7, 11) is 0. The summed E-state index contributed by atoms with van der Waals surface area (Å²) in [5.74, 6) is 0.532. The van der Waals surface area contributed by atoms with E-state index in [2.05, 4.69) is 15.3 Å². The highest BCUT2D eigenvalue weighted by Gasteiger charge is 2.12. The summed E-state index contributed by atoms with van der Waals surface area (Å²) in [4.78, 5) is 19.4. The molecule has 0 aliphatic rings. The van der Waals surface area contributed by atoms with Crippen LogP contribution in [0, 0.1) is 0 Å². The number of carboxylic acid groups (broad SMARTS) is 1. The Morgan fingerprint density at radius 2 is 2.17 bits per heavy atom. The molecule has 3 N–H and O–H groups in total. The van der Waals surface area contributed by atoms with E-state index >= 15 is 0 Å². The number of aromatic nitrogens is 3. The van der Waals surface area contributed by atoms with Gasteiger partial charge in [-0.05, 0) is 37.1 Å². The number of carbonyl (C=O) groups is 1. The van der Waals surface area contributed by atoms with Crippen molar-refractivity contribution < 1.29 is 15.0 Å². The number of nitrogens with zero attached hydrogens (tertiary/aromatic N) is 3. The standard InChI is InChI=1S/C16H16N4O3/c1-10(21)7-11-3-2-4-12(8-11)19-14-13-5-6-20(16(22)23)15(13)18-9-17-14/h2-6,8-10,21H,7H2,1H3,(H,22,23)(H,17,18,19). The Bertz CT molecular complexity index is 857. The molecule has 3 aromatic rings. The Morgan fingerprint density at radius 3 is 2.91 bits per heavy atom. The summed E-state index contributed by atoms with van der Waals surface area (Å²) in [6.45, 7) is 1.74. The van der Waals surface area contributed by atoms with Crippen molar-refractivity contribution in [1.29, 1.82) is 0 Å². The lowest BCUT2D eigenvalue weighted by Gasteiger charge is -2.09. The van der Waals surface area contributed by atoms with Crippen LogP contribution in [0.4, 0.5) is 16.3 Å². The fraction of sp³-hybridized carbons (Fsp3) is 0.188. The van der Waals surface area contributed by atoms with E-state index < -0.39 is 12.2 Å². The summed E-state index contributed by atoms with van der Waals surface area (Å²) in [5.41, 5.74) is 2.14. The average molecular weight is 312 g/mol. The fourth-order valence-electron chi connectivity index (χ4n) is 2.46. The Morgan fingerprint density at radius 1 is 1.35 bits per heavy atom. The lowest BCUT2D eigenvalue weighted by Crippen LogP contribution is -2.07. The second-order valence-corrected chi connectivity index (χ2v) is 5.31. The normalized spacial score (nSPS) is 12.3. The molecule has 0 aliphatic heterocycles. The van der Waals surface area contributed by atoms with E-state index in [4.69, 9.17) is 5.11 Å². The Kier molecular flexibility index (Phi) is 3.94. The lowest BCUT2D eigenvalue weighted by atomic mass is 10.1. The molecule has 7 nitrogen and oxygen atoms in total. The fourth-order valence-corrected chi connectivity index (χ4v) is 2.46. The Hall–Kier alpha value is -2.93. The molecule has 0 amide bonds. The van der Waals surface area contributed by atoms with Crippen LogP contribution in [0.5, 0.6) is 0 Å². The molecule has 0 saturated heterocycles. The van der Waals surface area contributed by atoms with Gasteiger partial charge in [0, 0.05) is 11.9 Å². The molecule has 2 aromatic heterocycles. The zero-order valence-corrected chi connectivity index (χ0v) is 12.5. The first-order chi connectivity index (χ1) is 11.0. The highest BCUT2D eigenvalue weighted by atomic mass is 16.4. The van der Waals surface area contributed by atoms with Crippen molar-refractivity contribution >= 4 is 28.6 Å². The first kappa shape index (κ1) is 15.0. The molecule has 0 saturated carbocycles. The van der Waals surface area contributed by atoms with Gasteiger partial charge in [-0.25, -0.2) is 19.3 Å². The van der Waals surface area contributed by atoms with E-state index in [9.17, 15) is 9.90 Å². The molecule has 1 unspecified atom stereocenters. The molecule has 0 radical (unpaired) electrons. The predicted molar refractivity (Wildman–Crippen MR) is 86.1 cm³/mol. The van der Waals surface area contributed by atoms with Crippen molar-refractivity contribution in [1.82, 2.24) is 14.5 Å². The van der Waals surface area contributed by atoms with E-state index in [1.165, 1.54) is 12.5 Å². The molecule has 0 aliphatic carbocycles. The highest BCUT2D eigenvalue weighted by molar-refractivity contribution is 5.93. The van der Waals surface area contributed by atoms with Gasteiger partial charge in [-0.1, -0.05) is 12.1 Å². The third kappa shape index (κ3) is 3.14. The molecule has 1 atom stereocenters. The number of fused-ring (bicyclic) bond motifs is 1. The zero-order chi connectivity index (χ0) is 16.4. The van der Waals surface area contributed by atoms with Crippen molar-refractivity contribution in [2.75, 3.05) is 5.32 Å². The summed E-state index contributed by atoms with van der Waals surface area (Å²) in [6.07, 6.45) is 1.81. The van der Waals surface area contributed by atoms with Crippen molar-refractivity contribution in [2.45, 2.75) is 19.4 Å². The molecule has 118 valence electrons. The summed E-state index contributed by atoms with van der Waals surface area (Å²) in [6, 6.07) is 9.29. The minimum atomic E-state index is -1.09. The van der Waals surface area contributed by atoms with Crippen LogP contribution in [0.3, 0.4) is 0 Å². The minimum absolute atomic E-state index is 0.329. The summed E-state index contributed by atoms with van der Waals surface area (Å²) >= 11 is 0. The van der Waals surface area contributed by atoms with Gasteiger partial charge in [0.25, 0.3) is 0 Å². The number of hydrogen-bond acceptors (Lipinski definition) is 5. The molecule has 2 heterocycles. The van der Waals surface area contributed by atoms with Gasteiger partial charge in [-0.2, -0.15) is 0 Å². The van der Waals surface area contributed by atoms with Gasteiger partial charge < -0.3 is 15.5 Å². The van der Waals surface area contributed by atoms with Gasteiger partial charge in [0.15, 0.2) is 5.65 Å². The number of nitrogens with one attached hydrogen (secondary N) is 1. The number of anilines is 2. The van der Waals surface area contributed by atoms with Gasteiger partial charge in [-0.15, -0.1) is 0 Å². The van der Waals surface area contributed by atoms with Gasteiger partial charge in [0.2, 0.25) is 0 Å². The molecule has 3 rings (SSSR count). The number of aliphatic hydroxyl groups is 1. The predicted octanol–water partition coefficient (Wildman–Crippen LogP) is 2.62. The smallest absolute Gasteiger partial charge is 0.417 e. The van der Waals surface area contributed by atoms with Crippen LogP contribution in [0.2, 0.25) is 0 Å². The number of aliphatic hydroxyl groups excluding tert-OH is 1. The van der Waals surface area contributed by atoms with Crippen LogP contribution in [0.15, 0.2) is 42.9 Å². The molecule has 7 heteroatoms. The maximum absolute atomic E-state index is 11.2. The van der Waals surface area contributed by atoms with E-state index in [-0.39, 0.29) is 0 Å². The quantitative estimate of drug-likeness (QED) is 0.684. The van der Waals surface area contributed by atoms with Crippen molar-refractivity contribution in [3.8, 4) is 0 Å². The van der Waals surface area contributed by atoms with Gasteiger partial charge in [-0.3, -0.25) is 0 Å². The molecule has 0 spiro atoms. The Labute approximate surface area is 132 Å². The highest BCUT2D eigenvalue weighted by Crippen LogP contribution is 2.24. The molecule has 1 aromatic carbocycles. The number of rotatable bonds is 4. The van der Waals surface area contributed by atoms with Gasteiger partial charge in [0.05, 0.1) is 11.5 Å². The first-order valence-electron chi connectivity index (χ1n) is 7.14. The van der Waals surface area contributed by atoms with E-state index in [1.807, 2.05) is 24.3 Å². The average Bonchev–Trinajstić information content (AvgIpc) is 2.92. The molecule has 0 fully saturated rings. The van der Waals surface area contributed by atoms with E-state index in [0.29, 0.717) is 23.3 Å². The van der Waals surface area contributed by atoms with E-state index in [1.54, 1.807) is 13.0 Å². The lowest BCUT2D eigenvalue weighted by molar-refractivity contribution is 0.195. The van der Waals surface area contributed by atoms with E-state index in [0.717, 1.165) is 15.8 Å². The van der Waals surface area contributed by atoms with Crippen LogP contribution >= 0.6 is 0 Å². The zero-order valence-electron chi connectivity index (χ0n) is 12.5. The largest absolute Gasteiger partial charge is 0.464 e. The van der Waals surface area contributed by atoms with Crippen LogP contribution < -0.4 is 5.32 Å². The third-order valence-corrected chi connectivity index (χ3v) is 3.41. The SMILES string of the molecule is CC(O)Cc1cccc(Nc2ncnc3c2ccn3C(=O)O)c1. The van der Waals surface area contributed by atoms with Crippen LogP contribution in [-0.4, -0.2) is 36.9 Å². The maximum atomic E-state index is 11.2. The molecular weight excluding hydrogens is 296 g/mol. The summed E-state index contributed by atoms with van der Waals surface area (Å²) in [5, 5.41) is 22.4. The second kappa shape index (κ2) is 6.05. The van der Waals surface area contributed by atoms with Crippen molar-refractivity contribution in [2.24, 2.45) is 0 Å². The first-order valence-corrected chi connectivity index (χ1v) is 7.14. The number of hydrogen-bond donors (Lipinski definition) is 3. The maximum Gasteiger partial charge on any atom is 0.417 e. The monoisotopic (exact) mass is 312 g/mol. The topological polar surface area (TPSA) is 100 Å². The van der Waals surface area contributed by atoms with Crippen LogP contribution in [0.25, 0.3) is 11.0 Å². The number of benzene rings is 1. The van der Waals surface area contributed by atoms with Crippen molar-refractivity contribution in [3.63, 3.8) is 0 Å². The van der Waals surface area contributed by atoms with Crippen LogP contribution in [0.1, 0.15) is 12.5 Å². The van der Waals surface area contributed by atoms with Crippen molar-refractivity contribution in [3.05, 3.63) is 48.4 Å². The third-order valence-electron chi connectivity index (χ3n) is 3.41. The Balaban J connectivity index is 1.94. The van der Waals surface area contributed by atoms with Gasteiger partial charge >= 0.3 is 6.09 Å².